The molecule has 42 heavy (non-hydrogen) atoms. The summed E-state index contributed by atoms with van der Waals surface area (Å²) in [6.07, 6.45) is 2.03. The van der Waals surface area contributed by atoms with E-state index < -0.39 is 17.1 Å². The largest absolute Gasteiger partial charge is 0.381 e. The molecule has 3 N–H and O–H groups in total. The number of aromatic amines is 1. The first-order valence-corrected chi connectivity index (χ1v) is 14.3. The van der Waals surface area contributed by atoms with Gasteiger partial charge in [-0.25, -0.2) is 8.78 Å². The van der Waals surface area contributed by atoms with Crippen molar-refractivity contribution in [3.63, 3.8) is 0 Å². The zero-order chi connectivity index (χ0) is 29.2. The van der Waals surface area contributed by atoms with Gasteiger partial charge < -0.3 is 25.2 Å². The number of carbonyl (C=O) groups is 1. The lowest BCUT2D eigenvalue weighted by Gasteiger charge is -2.34. The first-order valence-electron chi connectivity index (χ1n) is 14.3. The third kappa shape index (κ3) is 6.12. The molecule has 0 unspecified atom stereocenters. The molecule has 6 rings (SSSR count). The van der Waals surface area contributed by atoms with Gasteiger partial charge in [-0.05, 0) is 85.4 Å². The fourth-order valence-electron chi connectivity index (χ4n) is 5.59. The van der Waals surface area contributed by atoms with E-state index in [1.54, 1.807) is 0 Å². The zero-order valence-corrected chi connectivity index (χ0v) is 23.6. The van der Waals surface area contributed by atoms with E-state index in [2.05, 4.69) is 43.7 Å². The van der Waals surface area contributed by atoms with Crippen LogP contribution < -0.4 is 21.0 Å². The third-order valence-electron chi connectivity index (χ3n) is 8.10. The molecule has 3 aromatic carbocycles. The molecule has 3 heterocycles. The number of hydrogen-bond donors (Lipinski definition) is 3. The Hall–Kier alpha value is -3.96. The van der Waals surface area contributed by atoms with Gasteiger partial charge in [0.1, 0.15) is 19.5 Å². The van der Waals surface area contributed by atoms with Gasteiger partial charge in [0.2, 0.25) is 0 Å². The van der Waals surface area contributed by atoms with E-state index in [-0.39, 0.29) is 18.4 Å². The van der Waals surface area contributed by atoms with Crippen molar-refractivity contribution >= 4 is 47.3 Å². The molecule has 1 amide bonds. The summed E-state index contributed by atoms with van der Waals surface area (Å²) in [6, 6.07) is 14.2. The minimum Gasteiger partial charge on any atom is -0.381 e. The van der Waals surface area contributed by atoms with E-state index in [0.29, 0.717) is 35.5 Å². The molecule has 11 heteroatoms. The molecule has 0 atom stereocenters. The van der Waals surface area contributed by atoms with Crippen LogP contribution in [0.1, 0.15) is 34.3 Å². The number of ether oxygens (including phenoxy) is 1. The number of carbonyl (C=O) groups excluding carboxylic acids is 1. The lowest BCUT2D eigenvalue weighted by molar-refractivity contribution is 0.0904. The Morgan fingerprint density at radius 3 is 2.50 bits per heavy atom. The van der Waals surface area contributed by atoms with Crippen molar-refractivity contribution in [3.05, 3.63) is 76.9 Å². The highest BCUT2D eigenvalue weighted by Gasteiger charge is 2.22. The normalized spacial score (nSPS) is 16.6. The Kier molecular flexibility index (Phi) is 8.12. The number of halogens is 2. The number of nitrogens with one attached hydrogen (secondary N) is 3. The van der Waals surface area contributed by atoms with E-state index in [1.165, 1.54) is 12.1 Å². The van der Waals surface area contributed by atoms with Crippen LogP contribution in [0.4, 0.5) is 26.0 Å². The summed E-state index contributed by atoms with van der Waals surface area (Å²) < 4.78 is 33.5. The number of aromatic nitrogens is 2. The smallest absolute Gasteiger partial charge is 0.258 e. The Labute approximate surface area is 244 Å². The van der Waals surface area contributed by atoms with Crippen LogP contribution in [-0.2, 0) is 11.2 Å². The fourth-order valence-corrected chi connectivity index (χ4v) is 5.59. The summed E-state index contributed by atoms with van der Waals surface area (Å²) in [4.78, 5) is 18.3. The Morgan fingerprint density at radius 2 is 1.76 bits per heavy atom. The predicted octanol–water partition coefficient (Wildman–Crippen LogP) is 3.82. The van der Waals surface area contributed by atoms with E-state index in [0.717, 1.165) is 61.5 Å². The van der Waals surface area contributed by atoms with Gasteiger partial charge in [-0.2, -0.15) is 5.10 Å². The Bertz CT molecular complexity index is 1570. The van der Waals surface area contributed by atoms with E-state index >= 15 is 0 Å². The molecule has 2 saturated heterocycles. The lowest BCUT2D eigenvalue weighted by atomic mass is 9.92. The minimum atomic E-state index is -0.786. The van der Waals surface area contributed by atoms with Crippen LogP contribution >= 0.6 is 0 Å². The van der Waals surface area contributed by atoms with Crippen molar-refractivity contribution in [2.45, 2.75) is 25.3 Å². The number of rotatable bonds is 7. The first-order chi connectivity index (χ1) is 20.3. The minimum absolute atomic E-state index is 0.213. The molecule has 4 aromatic rings. The number of benzene rings is 3. The highest BCUT2D eigenvalue weighted by Crippen LogP contribution is 2.29. The second kappa shape index (κ2) is 12.1. The molecule has 0 saturated carbocycles. The molecule has 0 spiro atoms. The maximum Gasteiger partial charge on any atom is 0.258 e. The standard InChI is InChI=1S/C31H33BF2N6O2/c1-39-8-10-40(11-9-39)22-3-4-23(28(18-22)35-21-6-12-42-13-7-21)31(41)36-30-24-15-19(2-5-27(24)37-38-30)14-20-16-25(33)29(32)26(34)17-20/h2-5,15-18,21,35H,6-14H2,1H3,(H2,36,37,38,41). The number of piperazine rings is 1. The summed E-state index contributed by atoms with van der Waals surface area (Å²) in [7, 11) is 7.54. The molecule has 0 aliphatic carbocycles. The highest BCUT2D eigenvalue weighted by atomic mass is 19.1. The summed E-state index contributed by atoms with van der Waals surface area (Å²) in [6.45, 7) is 5.21. The molecule has 2 radical (unpaired) electrons. The third-order valence-corrected chi connectivity index (χ3v) is 8.10. The van der Waals surface area contributed by atoms with Crippen LogP contribution in [0.2, 0.25) is 0 Å². The molecule has 1 aromatic heterocycles. The topological polar surface area (TPSA) is 85.5 Å². The van der Waals surface area contributed by atoms with Crippen molar-refractivity contribution in [2.75, 3.05) is 62.0 Å². The maximum absolute atomic E-state index is 14.0. The number of hydrogen-bond acceptors (Lipinski definition) is 6. The molecule has 8 nitrogen and oxygen atoms in total. The van der Waals surface area contributed by atoms with Crippen molar-refractivity contribution in [1.29, 1.82) is 0 Å². The molecule has 2 fully saturated rings. The predicted molar refractivity (Wildman–Crippen MR) is 162 cm³/mol. The van der Waals surface area contributed by atoms with Crippen molar-refractivity contribution < 1.29 is 18.3 Å². The van der Waals surface area contributed by atoms with Gasteiger partial charge in [-0.1, -0.05) is 6.07 Å². The molecule has 2 aliphatic heterocycles. The van der Waals surface area contributed by atoms with Gasteiger partial charge >= 0.3 is 0 Å². The van der Waals surface area contributed by atoms with Gasteiger partial charge in [0.25, 0.3) is 5.91 Å². The monoisotopic (exact) mass is 570 g/mol. The first kappa shape index (κ1) is 28.2. The number of fused-ring (bicyclic) bond motifs is 1. The van der Waals surface area contributed by atoms with Crippen LogP contribution in [0.25, 0.3) is 10.9 Å². The number of likely N-dealkylation sites (N-methyl/N-ethyl adjacent to an activating group) is 1. The van der Waals surface area contributed by atoms with Gasteiger partial charge in [0, 0.05) is 62.2 Å². The zero-order valence-electron chi connectivity index (χ0n) is 23.6. The molecular formula is C31H33BF2N6O2. The van der Waals surface area contributed by atoms with Crippen LogP contribution in [0.15, 0.2) is 48.5 Å². The lowest BCUT2D eigenvalue weighted by Crippen LogP contribution is -2.44. The average Bonchev–Trinajstić information content (AvgIpc) is 3.38. The van der Waals surface area contributed by atoms with Crippen LogP contribution in [0.3, 0.4) is 0 Å². The van der Waals surface area contributed by atoms with Gasteiger partial charge in [0.15, 0.2) is 5.82 Å². The van der Waals surface area contributed by atoms with Crippen LogP contribution in [0, 0.1) is 11.6 Å². The number of H-pyrrole nitrogens is 1. The van der Waals surface area contributed by atoms with Crippen molar-refractivity contribution in [2.24, 2.45) is 0 Å². The van der Waals surface area contributed by atoms with E-state index in [4.69, 9.17) is 12.6 Å². The second-order valence-corrected chi connectivity index (χ2v) is 11.1. The van der Waals surface area contributed by atoms with Crippen LogP contribution in [0.5, 0.6) is 0 Å². The number of nitrogens with zero attached hydrogens (tertiary/aromatic N) is 3. The number of anilines is 3. The molecule has 216 valence electrons. The number of amides is 1. The van der Waals surface area contributed by atoms with Crippen molar-refractivity contribution in [1.82, 2.24) is 15.1 Å². The maximum atomic E-state index is 14.0. The summed E-state index contributed by atoms with van der Waals surface area (Å²) in [5.41, 5.74) is 3.90. The fraction of sp³-hybridized carbons (Fsp3) is 0.355. The van der Waals surface area contributed by atoms with Crippen LogP contribution in [-0.4, -0.2) is 81.3 Å². The average molecular weight is 570 g/mol. The van der Waals surface area contributed by atoms with Gasteiger partial charge in [-0.3, -0.25) is 9.89 Å². The molecular weight excluding hydrogens is 537 g/mol. The molecule has 0 bridgehead atoms. The Balaban J connectivity index is 1.25. The van der Waals surface area contributed by atoms with Gasteiger partial charge in [0.05, 0.1) is 11.1 Å². The van der Waals surface area contributed by atoms with E-state index in [1.807, 2.05) is 30.3 Å². The SMILES string of the molecule is [B]c1c(F)cc(Cc2ccc3[nH]nc(NC(=O)c4ccc(N5CCN(C)CC5)cc4NC4CCOCC4)c3c2)cc1F. The van der Waals surface area contributed by atoms with Crippen molar-refractivity contribution in [3.8, 4) is 0 Å². The summed E-state index contributed by atoms with van der Waals surface area (Å²) in [5.74, 6) is -1.47. The van der Waals surface area contributed by atoms with E-state index in [9.17, 15) is 13.6 Å². The molecule has 2 aliphatic rings. The summed E-state index contributed by atoms with van der Waals surface area (Å²) in [5, 5.41) is 14.6. The second-order valence-electron chi connectivity index (χ2n) is 11.1. The summed E-state index contributed by atoms with van der Waals surface area (Å²) >= 11 is 0. The highest BCUT2D eigenvalue weighted by molar-refractivity contribution is 6.32. The van der Waals surface area contributed by atoms with Gasteiger partial charge in [-0.15, -0.1) is 0 Å². The quantitative estimate of drug-likeness (QED) is 0.293. The Morgan fingerprint density at radius 1 is 1.02 bits per heavy atom.